The van der Waals surface area contributed by atoms with Gasteiger partial charge in [0.25, 0.3) is 0 Å². The van der Waals surface area contributed by atoms with Crippen LogP contribution in [0.25, 0.3) is 0 Å². The zero-order chi connectivity index (χ0) is 12.2. The van der Waals surface area contributed by atoms with E-state index in [1.54, 1.807) is 0 Å². The summed E-state index contributed by atoms with van der Waals surface area (Å²) in [5.41, 5.74) is 0. The first-order chi connectivity index (χ1) is 7.78. The zero-order valence-electron chi connectivity index (χ0n) is 11.9. The molecule has 0 aromatic rings. The van der Waals surface area contributed by atoms with Crippen molar-refractivity contribution in [1.29, 1.82) is 0 Å². The molecule has 0 heterocycles. The van der Waals surface area contributed by atoms with Crippen LogP contribution >= 0.6 is 0 Å². The lowest BCUT2D eigenvalue weighted by molar-refractivity contribution is 0.220. The molecule has 1 atom stereocenters. The van der Waals surface area contributed by atoms with Gasteiger partial charge >= 0.3 is 0 Å². The van der Waals surface area contributed by atoms with E-state index in [2.05, 4.69) is 31.0 Å². The van der Waals surface area contributed by atoms with Gasteiger partial charge in [0.15, 0.2) is 0 Å². The standard InChI is InChI=1S/C14H32N2/c1-5-8-9-14(7-3)13-16(11-6-2)12-10-15-4/h14-15H,5-13H2,1-4H3. The molecule has 0 fully saturated rings. The molecule has 16 heavy (non-hydrogen) atoms. The Kier molecular flexibility index (Phi) is 11.3. The van der Waals surface area contributed by atoms with E-state index in [0.717, 1.165) is 12.5 Å². The summed E-state index contributed by atoms with van der Waals surface area (Å²) in [4.78, 5) is 2.63. The molecule has 0 rings (SSSR count). The van der Waals surface area contributed by atoms with Crippen LogP contribution in [0, 0.1) is 5.92 Å². The van der Waals surface area contributed by atoms with Gasteiger partial charge in [-0.2, -0.15) is 0 Å². The van der Waals surface area contributed by atoms with E-state index in [4.69, 9.17) is 0 Å². The number of unbranched alkanes of at least 4 members (excludes halogenated alkanes) is 1. The van der Waals surface area contributed by atoms with Gasteiger partial charge in [0.2, 0.25) is 0 Å². The molecule has 1 unspecified atom stereocenters. The maximum absolute atomic E-state index is 3.25. The lowest BCUT2D eigenvalue weighted by Gasteiger charge is -2.26. The second-order valence-electron chi connectivity index (χ2n) is 4.82. The van der Waals surface area contributed by atoms with Gasteiger partial charge in [0.05, 0.1) is 0 Å². The van der Waals surface area contributed by atoms with E-state index in [-0.39, 0.29) is 0 Å². The van der Waals surface area contributed by atoms with Crippen LogP contribution in [0.1, 0.15) is 52.9 Å². The summed E-state index contributed by atoms with van der Waals surface area (Å²) in [7, 11) is 2.04. The van der Waals surface area contributed by atoms with Gasteiger partial charge in [-0.1, -0.05) is 40.0 Å². The van der Waals surface area contributed by atoms with Gasteiger partial charge in [-0.25, -0.2) is 0 Å². The monoisotopic (exact) mass is 228 g/mol. The summed E-state index contributed by atoms with van der Waals surface area (Å²) < 4.78 is 0. The Hall–Kier alpha value is -0.0800. The molecule has 0 amide bonds. The lowest BCUT2D eigenvalue weighted by atomic mass is 9.98. The fourth-order valence-electron chi connectivity index (χ4n) is 2.16. The predicted octanol–water partition coefficient (Wildman–Crippen LogP) is 3.13. The van der Waals surface area contributed by atoms with Crippen LogP contribution in [-0.4, -0.2) is 38.1 Å². The minimum absolute atomic E-state index is 0.906. The summed E-state index contributed by atoms with van der Waals surface area (Å²) in [5, 5.41) is 3.25. The Morgan fingerprint density at radius 3 is 2.31 bits per heavy atom. The molecule has 0 radical (unpaired) electrons. The maximum atomic E-state index is 3.25. The quantitative estimate of drug-likeness (QED) is 0.584. The molecule has 0 aliphatic carbocycles. The topological polar surface area (TPSA) is 15.3 Å². The van der Waals surface area contributed by atoms with Crippen molar-refractivity contribution in [3.63, 3.8) is 0 Å². The molecule has 98 valence electrons. The third kappa shape index (κ3) is 8.12. The van der Waals surface area contributed by atoms with Crippen LogP contribution in [0.15, 0.2) is 0 Å². The SMILES string of the molecule is CCCCC(CC)CN(CCC)CCNC. The van der Waals surface area contributed by atoms with Crippen molar-refractivity contribution >= 4 is 0 Å². The highest BCUT2D eigenvalue weighted by Crippen LogP contribution is 2.14. The molecule has 0 aliphatic heterocycles. The third-order valence-corrected chi connectivity index (χ3v) is 3.28. The number of nitrogens with one attached hydrogen (secondary N) is 1. The van der Waals surface area contributed by atoms with Crippen LogP contribution in [0.5, 0.6) is 0 Å². The number of nitrogens with zero attached hydrogens (tertiary/aromatic N) is 1. The van der Waals surface area contributed by atoms with Gasteiger partial charge in [-0.15, -0.1) is 0 Å². The average molecular weight is 228 g/mol. The summed E-state index contributed by atoms with van der Waals surface area (Å²) >= 11 is 0. The van der Waals surface area contributed by atoms with E-state index in [1.165, 1.54) is 51.7 Å². The van der Waals surface area contributed by atoms with Crippen molar-refractivity contribution < 1.29 is 0 Å². The van der Waals surface area contributed by atoms with Gasteiger partial charge in [-0.05, 0) is 32.4 Å². The largest absolute Gasteiger partial charge is 0.318 e. The minimum atomic E-state index is 0.906. The van der Waals surface area contributed by atoms with Crippen molar-refractivity contribution in [2.45, 2.75) is 52.9 Å². The first-order valence-corrected chi connectivity index (χ1v) is 7.15. The van der Waals surface area contributed by atoms with Gasteiger partial charge < -0.3 is 10.2 Å². The van der Waals surface area contributed by atoms with E-state index in [1.807, 2.05) is 7.05 Å². The molecule has 0 saturated heterocycles. The van der Waals surface area contributed by atoms with E-state index >= 15 is 0 Å². The summed E-state index contributed by atoms with van der Waals surface area (Å²) in [6.45, 7) is 11.8. The number of rotatable bonds is 11. The van der Waals surface area contributed by atoms with E-state index in [9.17, 15) is 0 Å². The van der Waals surface area contributed by atoms with Crippen molar-refractivity contribution in [3.05, 3.63) is 0 Å². The van der Waals surface area contributed by atoms with E-state index < -0.39 is 0 Å². The van der Waals surface area contributed by atoms with Crippen molar-refractivity contribution in [3.8, 4) is 0 Å². The molecule has 0 aliphatic rings. The first kappa shape index (κ1) is 15.9. The molecule has 2 heteroatoms. The van der Waals surface area contributed by atoms with Crippen molar-refractivity contribution in [2.75, 3.05) is 33.2 Å². The molecule has 2 nitrogen and oxygen atoms in total. The van der Waals surface area contributed by atoms with Gasteiger partial charge in [0, 0.05) is 19.6 Å². The normalized spacial score (nSPS) is 13.3. The molecule has 0 aromatic heterocycles. The lowest BCUT2D eigenvalue weighted by Crippen LogP contribution is -2.35. The van der Waals surface area contributed by atoms with Gasteiger partial charge in [-0.3, -0.25) is 0 Å². The molecule has 0 aromatic carbocycles. The fraction of sp³-hybridized carbons (Fsp3) is 1.00. The van der Waals surface area contributed by atoms with Crippen molar-refractivity contribution in [1.82, 2.24) is 10.2 Å². The molecular formula is C14H32N2. The highest BCUT2D eigenvalue weighted by Gasteiger charge is 2.11. The average Bonchev–Trinajstić information content (AvgIpc) is 2.31. The van der Waals surface area contributed by atoms with Crippen LogP contribution in [-0.2, 0) is 0 Å². The highest BCUT2D eigenvalue weighted by molar-refractivity contribution is 4.66. The highest BCUT2D eigenvalue weighted by atomic mass is 15.1. The smallest absolute Gasteiger partial charge is 0.0107 e. The molecule has 1 N–H and O–H groups in total. The number of hydrogen-bond acceptors (Lipinski definition) is 2. The van der Waals surface area contributed by atoms with Crippen LogP contribution < -0.4 is 5.32 Å². The van der Waals surface area contributed by atoms with E-state index in [0.29, 0.717) is 0 Å². The summed E-state index contributed by atoms with van der Waals surface area (Å²) in [6.07, 6.45) is 6.74. The molecular weight excluding hydrogens is 196 g/mol. The van der Waals surface area contributed by atoms with Crippen LogP contribution in [0.4, 0.5) is 0 Å². The van der Waals surface area contributed by atoms with Crippen molar-refractivity contribution in [2.24, 2.45) is 5.92 Å². The zero-order valence-corrected chi connectivity index (χ0v) is 11.9. The second kappa shape index (κ2) is 11.4. The van der Waals surface area contributed by atoms with Gasteiger partial charge in [0.1, 0.15) is 0 Å². The Bertz CT molecular complexity index is 137. The third-order valence-electron chi connectivity index (χ3n) is 3.28. The Morgan fingerprint density at radius 2 is 1.81 bits per heavy atom. The minimum Gasteiger partial charge on any atom is -0.318 e. The maximum Gasteiger partial charge on any atom is 0.0107 e. The fourth-order valence-corrected chi connectivity index (χ4v) is 2.16. The first-order valence-electron chi connectivity index (χ1n) is 7.15. The van der Waals surface area contributed by atoms with Crippen LogP contribution in [0.3, 0.4) is 0 Å². The number of likely N-dealkylation sites (N-methyl/N-ethyl adjacent to an activating group) is 1. The summed E-state index contributed by atoms with van der Waals surface area (Å²) in [6, 6.07) is 0. The second-order valence-corrected chi connectivity index (χ2v) is 4.82. The molecule has 0 saturated carbocycles. The molecule has 0 bridgehead atoms. The predicted molar refractivity (Wildman–Crippen MR) is 74.0 cm³/mol. The Balaban J connectivity index is 3.90. The Labute approximate surface area is 103 Å². The summed E-state index contributed by atoms with van der Waals surface area (Å²) in [5.74, 6) is 0.906. The Morgan fingerprint density at radius 1 is 1.06 bits per heavy atom. The van der Waals surface area contributed by atoms with Crippen LogP contribution in [0.2, 0.25) is 0 Å². The number of hydrogen-bond donors (Lipinski definition) is 1. The molecule has 0 spiro atoms.